The van der Waals surface area contributed by atoms with Crippen molar-refractivity contribution >= 4 is 39.9 Å². The summed E-state index contributed by atoms with van der Waals surface area (Å²) < 4.78 is 17.5. The Morgan fingerprint density at radius 3 is 2.86 bits per heavy atom. The quantitative estimate of drug-likeness (QED) is 0.311. The fraction of sp³-hybridized carbons (Fsp3) is 0.240. The van der Waals surface area contributed by atoms with Crippen molar-refractivity contribution in [2.24, 2.45) is 0 Å². The number of carbonyl (C=O) groups excluding carboxylic acids is 1. The van der Waals surface area contributed by atoms with Gasteiger partial charge in [-0.25, -0.2) is 14.4 Å². The van der Waals surface area contributed by atoms with Gasteiger partial charge in [-0.15, -0.1) is 0 Å². The van der Waals surface area contributed by atoms with Crippen molar-refractivity contribution < 1.29 is 9.18 Å². The molecule has 36 heavy (non-hydrogen) atoms. The van der Waals surface area contributed by atoms with Gasteiger partial charge in [-0.2, -0.15) is 5.10 Å². The van der Waals surface area contributed by atoms with Gasteiger partial charge in [-0.3, -0.25) is 14.9 Å². The maximum atomic E-state index is 14.9. The Kier molecular flexibility index (Phi) is 5.98. The molecule has 5 aromatic rings. The second kappa shape index (κ2) is 9.44. The van der Waals surface area contributed by atoms with E-state index < -0.39 is 0 Å². The molecule has 0 spiro atoms. The summed E-state index contributed by atoms with van der Waals surface area (Å²) in [4.78, 5) is 26.2. The van der Waals surface area contributed by atoms with Crippen molar-refractivity contribution in [2.45, 2.75) is 37.8 Å². The number of thiazole rings is 1. The Morgan fingerprint density at radius 1 is 1.19 bits per heavy atom. The Morgan fingerprint density at radius 2 is 2.08 bits per heavy atom. The minimum atomic E-state index is -0.336. The summed E-state index contributed by atoms with van der Waals surface area (Å²) in [6.07, 6.45) is 8.18. The predicted octanol–water partition coefficient (Wildman–Crippen LogP) is 5.65. The van der Waals surface area contributed by atoms with Crippen LogP contribution in [0.5, 0.6) is 0 Å². The number of carbonyl (C=O) groups is 1. The molecule has 4 aromatic heterocycles. The van der Waals surface area contributed by atoms with Gasteiger partial charge >= 0.3 is 0 Å². The van der Waals surface area contributed by atoms with E-state index in [1.54, 1.807) is 30.6 Å². The number of benzene rings is 1. The van der Waals surface area contributed by atoms with Gasteiger partial charge < -0.3 is 9.88 Å². The summed E-state index contributed by atoms with van der Waals surface area (Å²) in [7, 11) is 0. The third-order valence-corrected chi connectivity index (χ3v) is 7.60. The highest BCUT2D eigenvalue weighted by Gasteiger charge is 2.29. The molecule has 1 aliphatic carbocycles. The Bertz CT molecular complexity index is 1550. The molecule has 1 fully saturated rings. The van der Waals surface area contributed by atoms with Gasteiger partial charge in [0, 0.05) is 18.3 Å². The van der Waals surface area contributed by atoms with Crippen LogP contribution in [0.1, 0.15) is 41.5 Å². The van der Waals surface area contributed by atoms with Crippen molar-refractivity contribution in [2.75, 3.05) is 0 Å². The lowest BCUT2D eigenvalue weighted by Crippen LogP contribution is -2.39. The molecule has 0 bridgehead atoms. The molecule has 1 saturated carbocycles. The summed E-state index contributed by atoms with van der Waals surface area (Å²) in [5, 5.41) is 10.4. The zero-order chi connectivity index (χ0) is 24.6. The van der Waals surface area contributed by atoms with Crippen molar-refractivity contribution in [1.82, 2.24) is 35.0 Å². The average molecular weight is 522 g/mol. The SMILES string of the molecule is O=C(NC1CCCC(n2c(-c3ccccc3F)nc3cnc(-c4ccn[nH]4)cc32)C1)c1ncc(Cl)s1. The van der Waals surface area contributed by atoms with E-state index in [2.05, 4.69) is 30.0 Å². The Labute approximate surface area is 214 Å². The van der Waals surface area contributed by atoms with E-state index in [1.807, 2.05) is 12.1 Å². The number of hydrogen-bond donors (Lipinski definition) is 2. The summed E-state index contributed by atoms with van der Waals surface area (Å²) in [5.74, 6) is -0.0134. The van der Waals surface area contributed by atoms with Crippen LogP contribution in [0.2, 0.25) is 4.34 Å². The first-order valence-corrected chi connectivity index (χ1v) is 12.8. The maximum absolute atomic E-state index is 14.9. The van der Waals surface area contributed by atoms with Gasteiger partial charge in [0.2, 0.25) is 0 Å². The van der Waals surface area contributed by atoms with Gasteiger partial charge in [0.1, 0.15) is 21.5 Å². The lowest BCUT2D eigenvalue weighted by atomic mass is 9.90. The standard InChI is InChI=1S/C25H21ClFN7OS/c26-22-13-29-25(36-22)24(35)31-14-4-3-5-15(10-14)34-21-11-19(18-8-9-30-33-18)28-12-20(21)32-23(34)16-6-1-2-7-17(16)27/h1-2,6-9,11-15H,3-5,10H2,(H,30,33)(H,31,35). The Hall–Kier alpha value is -3.63. The van der Waals surface area contributed by atoms with Crippen LogP contribution in [-0.4, -0.2) is 41.7 Å². The highest BCUT2D eigenvalue weighted by molar-refractivity contribution is 7.17. The highest BCUT2D eigenvalue weighted by Crippen LogP contribution is 2.37. The molecular formula is C25H21ClFN7OS. The van der Waals surface area contributed by atoms with E-state index in [0.717, 1.165) is 47.5 Å². The number of halogens is 2. The third-order valence-electron chi connectivity index (χ3n) is 6.49. The number of pyridine rings is 1. The topological polar surface area (TPSA) is 101 Å². The van der Waals surface area contributed by atoms with Crippen LogP contribution in [0.15, 0.2) is 55.0 Å². The van der Waals surface area contributed by atoms with Crippen LogP contribution < -0.4 is 5.32 Å². The molecular weight excluding hydrogens is 501 g/mol. The second-order valence-corrected chi connectivity index (χ2v) is 10.4. The maximum Gasteiger partial charge on any atom is 0.280 e. The summed E-state index contributed by atoms with van der Waals surface area (Å²) in [6, 6.07) is 10.4. The van der Waals surface area contributed by atoms with E-state index in [-0.39, 0.29) is 23.8 Å². The molecule has 4 heterocycles. The number of rotatable bonds is 5. The summed E-state index contributed by atoms with van der Waals surface area (Å²) in [5.41, 5.74) is 3.48. The number of H-pyrrole nitrogens is 1. The zero-order valence-electron chi connectivity index (χ0n) is 19.0. The van der Waals surface area contributed by atoms with Crippen molar-refractivity contribution in [3.05, 3.63) is 70.1 Å². The fourth-order valence-corrected chi connectivity index (χ4v) is 5.70. The van der Waals surface area contributed by atoms with Crippen LogP contribution in [0.4, 0.5) is 4.39 Å². The molecule has 0 aliphatic heterocycles. The highest BCUT2D eigenvalue weighted by atomic mass is 35.5. The largest absolute Gasteiger partial charge is 0.347 e. The van der Waals surface area contributed by atoms with Crippen molar-refractivity contribution in [1.29, 1.82) is 0 Å². The predicted molar refractivity (Wildman–Crippen MR) is 136 cm³/mol. The van der Waals surface area contributed by atoms with E-state index in [9.17, 15) is 9.18 Å². The van der Waals surface area contributed by atoms with Crippen LogP contribution in [0, 0.1) is 5.82 Å². The number of amides is 1. The fourth-order valence-electron chi connectivity index (χ4n) is 4.88. The molecule has 8 nitrogen and oxygen atoms in total. The molecule has 182 valence electrons. The molecule has 0 radical (unpaired) electrons. The van der Waals surface area contributed by atoms with Gasteiger partial charge in [-0.1, -0.05) is 35.1 Å². The first-order chi connectivity index (χ1) is 17.6. The first-order valence-electron chi connectivity index (χ1n) is 11.6. The zero-order valence-corrected chi connectivity index (χ0v) is 20.6. The normalized spacial score (nSPS) is 17.9. The summed E-state index contributed by atoms with van der Waals surface area (Å²) in [6.45, 7) is 0. The van der Waals surface area contributed by atoms with E-state index >= 15 is 0 Å². The number of aromatic amines is 1. The smallest absolute Gasteiger partial charge is 0.280 e. The van der Waals surface area contributed by atoms with Crippen LogP contribution in [-0.2, 0) is 0 Å². The van der Waals surface area contributed by atoms with Crippen molar-refractivity contribution in [3.63, 3.8) is 0 Å². The van der Waals surface area contributed by atoms with Gasteiger partial charge in [0.25, 0.3) is 5.91 Å². The number of nitrogens with zero attached hydrogens (tertiary/aromatic N) is 5. The molecule has 11 heteroatoms. The lowest BCUT2D eigenvalue weighted by molar-refractivity contribution is 0.0920. The van der Waals surface area contributed by atoms with Gasteiger partial charge in [0.05, 0.1) is 34.9 Å². The number of fused-ring (bicyclic) bond motifs is 1. The molecule has 1 aromatic carbocycles. The minimum Gasteiger partial charge on any atom is -0.347 e. The Balaban J connectivity index is 1.40. The molecule has 2 atom stereocenters. The summed E-state index contributed by atoms with van der Waals surface area (Å²) >= 11 is 7.11. The molecule has 2 N–H and O–H groups in total. The third kappa shape index (κ3) is 4.27. The minimum absolute atomic E-state index is 0.000515. The van der Waals surface area contributed by atoms with Gasteiger partial charge in [0.15, 0.2) is 5.01 Å². The number of imidazole rings is 1. The number of nitrogens with one attached hydrogen (secondary N) is 2. The van der Waals surface area contributed by atoms with Crippen molar-refractivity contribution in [3.8, 4) is 22.8 Å². The molecule has 0 saturated heterocycles. The van der Waals surface area contributed by atoms with E-state index in [0.29, 0.717) is 32.7 Å². The van der Waals surface area contributed by atoms with E-state index in [4.69, 9.17) is 16.6 Å². The molecule has 1 aliphatic rings. The second-order valence-electron chi connectivity index (χ2n) is 8.77. The van der Waals surface area contributed by atoms with Crippen LogP contribution in [0.3, 0.4) is 0 Å². The lowest BCUT2D eigenvalue weighted by Gasteiger charge is -2.32. The van der Waals surface area contributed by atoms with Crippen LogP contribution >= 0.6 is 22.9 Å². The average Bonchev–Trinajstić information content (AvgIpc) is 3.64. The molecule has 1 amide bonds. The van der Waals surface area contributed by atoms with Crippen LogP contribution in [0.25, 0.3) is 33.8 Å². The molecule has 6 rings (SSSR count). The first kappa shape index (κ1) is 22.8. The number of aromatic nitrogens is 6. The number of hydrogen-bond acceptors (Lipinski definition) is 6. The molecule has 2 unspecified atom stereocenters. The van der Waals surface area contributed by atoms with Gasteiger partial charge in [-0.05, 0) is 49.9 Å². The van der Waals surface area contributed by atoms with E-state index in [1.165, 1.54) is 12.3 Å². The monoisotopic (exact) mass is 521 g/mol.